The number of carboxylic acid groups (broad SMARTS) is 1. The second-order valence-corrected chi connectivity index (χ2v) is 11.9. The fourth-order valence-electron chi connectivity index (χ4n) is 6.29. The Morgan fingerprint density at radius 2 is 1.63 bits per heavy atom. The second-order valence-electron chi connectivity index (χ2n) is 11.9. The van der Waals surface area contributed by atoms with Crippen molar-refractivity contribution in [2.75, 3.05) is 13.2 Å². The van der Waals surface area contributed by atoms with Crippen LogP contribution in [0.15, 0.2) is 12.2 Å². The highest BCUT2D eigenvalue weighted by Gasteiger charge is 2.46. The van der Waals surface area contributed by atoms with Gasteiger partial charge in [0.2, 0.25) is 0 Å². The van der Waals surface area contributed by atoms with Crippen molar-refractivity contribution in [3.8, 4) is 0 Å². The van der Waals surface area contributed by atoms with Crippen LogP contribution in [0, 0.1) is 17.8 Å². The van der Waals surface area contributed by atoms with Crippen LogP contribution in [0.4, 0.5) is 0 Å². The number of hydrogen-bond acceptors (Lipinski definition) is 6. The Kier molecular flexibility index (Phi) is 14.1. The number of rotatable bonds is 17. The molecule has 0 aromatic heterocycles. The van der Waals surface area contributed by atoms with Crippen molar-refractivity contribution in [1.82, 2.24) is 0 Å². The summed E-state index contributed by atoms with van der Waals surface area (Å²) in [5, 5.41) is 20.9. The molecule has 2 unspecified atom stereocenters. The lowest BCUT2D eigenvalue weighted by atomic mass is 9.86. The van der Waals surface area contributed by atoms with Crippen molar-refractivity contribution >= 4 is 5.97 Å². The van der Waals surface area contributed by atoms with Crippen molar-refractivity contribution in [2.45, 2.75) is 147 Å². The zero-order valence-corrected chi connectivity index (χ0v) is 24.0. The number of carbonyl (C=O) groups is 1. The van der Waals surface area contributed by atoms with Gasteiger partial charge in [0.15, 0.2) is 12.6 Å². The highest BCUT2D eigenvalue weighted by atomic mass is 16.8. The lowest BCUT2D eigenvalue weighted by molar-refractivity contribution is -0.352. The third-order valence-electron chi connectivity index (χ3n) is 8.72. The molecule has 0 aromatic rings. The maximum absolute atomic E-state index is 12.5. The normalized spacial score (nSPS) is 30.9. The van der Waals surface area contributed by atoms with E-state index in [1.54, 1.807) is 0 Å². The Hall–Kier alpha value is -0.990. The number of aliphatic hydroxyl groups excluding tert-OH is 1. The zero-order valence-electron chi connectivity index (χ0n) is 24.0. The molecule has 3 aliphatic rings. The molecule has 0 spiro atoms. The molecule has 2 saturated heterocycles. The molecule has 7 nitrogen and oxygen atoms in total. The molecule has 0 aromatic carbocycles. The van der Waals surface area contributed by atoms with Gasteiger partial charge in [0, 0.05) is 19.6 Å². The van der Waals surface area contributed by atoms with E-state index in [4.69, 9.17) is 18.9 Å². The van der Waals surface area contributed by atoms with Crippen LogP contribution in [0.25, 0.3) is 0 Å². The molecule has 2 aliphatic heterocycles. The van der Waals surface area contributed by atoms with E-state index in [0.29, 0.717) is 44.3 Å². The molecule has 3 fully saturated rings. The molecule has 7 heteroatoms. The summed E-state index contributed by atoms with van der Waals surface area (Å²) in [5.41, 5.74) is 0. The minimum absolute atomic E-state index is 0.185. The summed E-state index contributed by atoms with van der Waals surface area (Å²) in [5.74, 6) is -1.27. The lowest BCUT2D eigenvalue weighted by Crippen LogP contribution is -2.51. The molecule has 2 heterocycles. The molecule has 3 rings (SSSR count). The van der Waals surface area contributed by atoms with Crippen LogP contribution in [-0.2, 0) is 23.7 Å². The highest BCUT2D eigenvalue weighted by molar-refractivity contribution is 5.75. The molecular weight excluding hydrogens is 484 g/mol. The van der Waals surface area contributed by atoms with Crippen LogP contribution in [0.5, 0.6) is 0 Å². The first kappa shape index (κ1) is 31.5. The van der Waals surface area contributed by atoms with E-state index < -0.39 is 24.3 Å². The smallest absolute Gasteiger partial charge is 0.364 e. The highest BCUT2D eigenvalue weighted by Crippen LogP contribution is 2.38. The van der Waals surface area contributed by atoms with Crippen molar-refractivity contribution in [3.63, 3.8) is 0 Å². The molecule has 38 heavy (non-hydrogen) atoms. The molecule has 0 radical (unpaired) electrons. The number of allylic oxidation sites excluding steroid dienone is 2. The van der Waals surface area contributed by atoms with Gasteiger partial charge in [-0.1, -0.05) is 64.5 Å². The number of aliphatic hydroxyl groups is 1. The van der Waals surface area contributed by atoms with Gasteiger partial charge in [-0.25, -0.2) is 4.79 Å². The Morgan fingerprint density at radius 3 is 2.21 bits per heavy atom. The Labute approximate surface area is 230 Å². The van der Waals surface area contributed by atoms with Gasteiger partial charge >= 0.3 is 5.97 Å². The molecular formula is C31H54O7. The van der Waals surface area contributed by atoms with E-state index in [-0.39, 0.29) is 12.5 Å². The molecule has 2 N–H and O–H groups in total. The van der Waals surface area contributed by atoms with E-state index in [1.165, 1.54) is 38.5 Å². The molecule has 1 aliphatic carbocycles. The maximum atomic E-state index is 12.5. The van der Waals surface area contributed by atoms with E-state index in [2.05, 4.69) is 19.9 Å². The fraction of sp³-hybridized carbons (Fsp3) is 0.903. The number of hydrogen-bond donors (Lipinski definition) is 2. The standard InChI is InChI=1S/C31H54O7/c1-3-4-13-24(2)14-12-15-25-19-20-27(32)26(25)16-6-5-9-21-31(30(33)34,37-28-17-7-10-22-35-28)38-29-18-8-11-23-36-29/h5-6,24-29,32H,3-4,7-23H2,1-2H3,(H,33,34)/t24-,25+,26-,27+,28?,29?,31?/m1/s1. The summed E-state index contributed by atoms with van der Waals surface area (Å²) < 4.78 is 23.5. The van der Waals surface area contributed by atoms with E-state index >= 15 is 0 Å². The van der Waals surface area contributed by atoms with Gasteiger partial charge in [0.05, 0.1) is 6.10 Å². The molecule has 1 saturated carbocycles. The average molecular weight is 539 g/mol. The summed E-state index contributed by atoms with van der Waals surface area (Å²) in [7, 11) is 0. The first-order valence-corrected chi connectivity index (χ1v) is 15.6. The Balaban J connectivity index is 1.52. The Morgan fingerprint density at radius 1 is 0.974 bits per heavy atom. The summed E-state index contributed by atoms with van der Waals surface area (Å²) in [6.45, 7) is 5.76. The van der Waals surface area contributed by atoms with Crippen molar-refractivity contribution < 1.29 is 34.0 Å². The monoisotopic (exact) mass is 538 g/mol. The first-order chi connectivity index (χ1) is 18.4. The number of unbranched alkanes of at least 4 members (excludes halogenated alkanes) is 1. The maximum Gasteiger partial charge on any atom is 0.364 e. The van der Waals surface area contributed by atoms with Crippen molar-refractivity contribution in [3.05, 3.63) is 12.2 Å². The first-order valence-electron chi connectivity index (χ1n) is 15.6. The topological polar surface area (TPSA) is 94.5 Å². The Bertz CT molecular complexity index is 664. The van der Waals surface area contributed by atoms with Crippen LogP contribution < -0.4 is 0 Å². The summed E-state index contributed by atoms with van der Waals surface area (Å²) in [4.78, 5) is 12.5. The van der Waals surface area contributed by atoms with Gasteiger partial charge in [-0.05, 0) is 82.0 Å². The van der Waals surface area contributed by atoms with E-state index in [9.17, 15) is 15.0 Å². The number of ether oxygens (including phenoxy) is 4. The van der Waals surface area contributed by atoms with E-state index in [0.717, 1.165) is 50.9 Å². The number of aliphatic carboxylic acids is 1. The van der Waals surface area contributed by atoms with Gasteiger partial charge in [-0.3, -0.25) is 0 Å². The largest absolute Gasteiger partial charge is 0.477 e. The second kappa shape index (κ2) is 17.0. The predicted octanol–water partition coefficient (Wildman–Crippen LogP) is 6.96. The quantitative estimate of drug-likeness (QED) is 0.153. The van der Waals surface area contributed by atoms with Crippen LogP contribution in [0.2, 0.25) is 0 Å². The summed E-state index contributed by atoms with van der Waals surface area (Å²) in [6.07, 6.45) is 19.0. The predicted molar refractivity (Wildman–Crippen MR) is 147 cm³/mol. The van der Waals surface area contributed by atoms with Gasteiger partial charge in [-0.2, -0.15) is 0 Å². The van der Waals surface area contributed by atoms with Crippen molar-refractivity contribution in [1.29, 1.82) is 0 Å². The van der Waals surface area contributed by atoms with Crippen molar-refractivity contribution in [2.24, 2.45) is 17.8 Å². The minimum atomic E-state index is -1.79. The third kappa shape index (κ3) is 10.2. The average Bonchev–Trinajstić information content (AvgIpc) is 3.27. The minimum Gasteiger partial charge on any atom is -0.477 e. The summed E-state index contributed by atoms with van der Waals surface area (Å²) >= 11 is 0. The lowest BCUT2D eigenvalue weighted by Gasteiger charge is -2.37. The SMILES string of the molecule is CCCC[C@@H](C)CCC[C@H]1CC[C@H](O)[C@@H]1CC=CCCC(OC1CCCCO1)(OC1CCCCO1)C(=O)O. The zero-order chi connectivity index (χ0) is 27.2. The molecule has 6 atom stereocenters. The molecule has 0 bridgehead atoms. The van der Waals surface area contributed by atoms with Crippen LogP contribution >= 0.6 is 0 Å². The van der Waals surface area contributed by atoms with E-state index in [1.807, 2.05) is 6.08 Å². The van der Waals surface area contributed by atoms with Gasteiger partial charge < -0.3 is 29.2 Å². The van der Waals surface area contributed by atoms with Crippen LogP contribution in [0.3, 0.4) is 0 Å². The molecule has 0 amide bonds. The molecule has 220 valence electrons. The van der Waals surface area contributed by atoms with Crippen LogP contribution in [0.1, 0.15) is 123 Å². The van der Waals surface area contributed by atoms with Gasteiger partial charge in [0.25, 0.3) is 5.79 Å². The van der Waals surface area contributed by atoms with Gasteiger partial charge in [0.1, 0.15) is 0 Å². The fourth-order valence-corrected chi connectivity index (χ4v) is 6.29. The number of carboxylic acids is 1. The van der Waals surface area contributed by atoms with Crippen LogP contribution in [-0.4, -0.2) is 53.9 Å². The van der Waals surface area contributed by atoms with Gasteiger partial charge in [-0.15, -0.1) is 0 Å². The third-order valence-corrected chi connectivity index (χ3v) is 8.72. The summed E-state index contributed by atoms with van der Waals surface area (Å²) in [6, 6.07) is 0.